The molecule has 0 aliphatic rings. The lowest BCUT2D eigenvalue weighted by atomic mass is 10.2. The van der Waals surface area contributed by atoms with Crippen LogP contribution in [-0.4, -0.2) is 34.2 Å². The maximum atomic E-state index is 12.1. The number of rotatable bonds is 9. The van der Waals surface area contributed by atoms with Crippen molar-refractivity contribution in [2.24, 2.45) is 5.10 Å². The van der Waals surface area contributed by atoms with E-state index in [1.54, 1.807) is 30.1 Å². The monoisotopic (exact) mass is 463 g/mol. The second-order valence-electron chi connectivity index (χ2n) is 7.17. The number of nitrogens with zero attached hydrogens (tertiary/aromatic N) is 4. The minimum atomic E-state index is -0.222. The highest BCUT2D eigenvalue weighted by Crippen LogP contribution is 2.28. The number of carbonyl (C=O) groups is 1. The maximum absolute atomic E-state index is 12.1. The van der Waals surface area contributed by atoms with E-state index in [9.17, 15) is 4.79 Å². The van der Waals surface area contributed by atoms with Gasteiger partial charge in [-0.25, -0.2) is 10.1 Å². The van der Waals surface area contributed by atoms with Crippen molar-refractivity contribution in [2.45, 2.75) is 19.6 Å². The van der Waals surface area contributed by atoms with E-state index in [-0.39, 0.29) is 12.3 Å². The molecule has 3 aromatic carbocycles. The van der Waals surface area contributed by atoms with E-state index in [1.165, 1.54) is 0 Å². The first-order valence-corrected chi connectivity index (χ1v) is 10.7. The Morgan fingerprint density at radius 2 is 1.94 bits per heavy atom. The molecular formula is C24H22ClN5O3. The fourth-order valence-electron chi connectivity index (χ4n) is 3.15. The molecular weight excluding hydrogens is 442 g/mol. The normalized spacial score (nSPS) is 11.1. The largest absolute Gasteiger partial charge is 0.493 e. The molecule has 0 atom stereocenters. The Bertz CT molecular complexity index is 1270. The molecule has 1 N–H and O–H groups in total. The Morgan fingerprint density at radius 1 is 1.12 bits per heavy atom. The van der Waals surface area contributed by atoms with E-state index in [2.05, 4.69) is 20.8 Å². The van der Waals surface area contributed by atoms with Crippen LogP contribution in [0.15, 0.2) is 71.8 Å². The van der Waals surface area contributed by atoms with E-state index >= 15 is 0 Å². The number of fused-ring (bicyclic) bond motifs is 1. The average Bonchev–Trinajstić information content (AvgIpc) is 3.26. The Balaban J connectivity index is 1.30. The molecule has 0 fully saturated rings. The summed E-state index contributed by atoms with van der Waals surface area (Å²) in [6.45, 7) is 0.799. The minimum Gasteiger partial charge on any atom is -0.493 e. The van der Waals surface area contributed by atoms with E-state index in [1.807, 2.05) is 54.6 Å². The van der Waals surface area contributed by atoms with Crippen molar-refractivity contribution in [1.29, 1.82) is 0 Å². The van der Waals surface area contributed by atoms with E-state index in [4.69, 9.17) is 21.1 Å². The van der Waals surface area contributed by atoms with Crippen LogP contribution < -0.4 is 14.9 Å². The molecule has 33 heavy (non-hydrogen) atoms. The first-order chi connectivity index (χ1) is 16.1. The highest BCUT2D eigenvalue weighted by molar-refractivity contribution is 6.30. The summed E-state index contributed by atoms with van der Waals surface area (Å²) < 4.78 is 13.0. The molecule has 8 nitrogen and oxygen atoms in total. The summed E-state index contributed by atoms with van der Waals surface area (Å²) in [6.07, 6.45) is 1.78. The fourth-order valence-corrected chi connectivity index (χ4v) is 3.28. The third-order valence-electron chi connectivity index (χ3n) is 4.87. The maximum Gasteiger partial charge on any atom is 0.241 e. The lowest BCUT2D eigenvalue weighted by Gasteiger charge is -2.11. The third-order valence-corrected chi connectivity index (χ3v) is 5.12. The van der Waals surface area contributed by atoms with Crippen LogP contribution in [-0.2, 0) is 17.9 Å². The molecule has 0 radical (unpaired) electrons. The zero-order valence-electron chi connectivity index (χ0n) is 17.9. The van der Waals surface area contributed by atoms with Gasteiger partial charge < -0.3 is 9.47 Å². The molecule has 0 aliphatic carbocycles. The predicted octanol–water partition coefficient (Wildman–Crippen LogP) is 4.21. The number of hydrazone groups is 1. The van der Waals surface area contributed by atoms with Gasteiger partial charge in [0.25, 0.3) is 0 Å². The van der Waals surface area contributed by atoms with Crippen LogP contribution in [0.2, 0.25) is 5.02 Å². The molecule has 0 saturated carbocycles. The molecule has 9 heteroatoms. The van der Waals surface area contributed by atoms with Gasteiger partial charge in [-0.1, -0.05) is 41.1 Å². The van der Waals surface area contributed by atoms with Crippen molar-refractivity contribution in [3.05, 3.63) is 82.9 Å². The van der Waals surface area contributed by atoms with Gasteiger partial charge in [-0.3, -0.25) is 4.79 Å². The first-order valence-electron chi connectivity index (χ1n) is 10.3. The second-order valence-corrected chi connectivity index (χ2v) is 7.61. The van der Waals surface area contributed by atoms with E-state index in [0.29, 0.717) is 29.7 Å². The Labute approximate surface area is 195 Å². The van der Waals surface area contributed by atoms with Gasteiger partial charge in [-0.2, -0.15) is 5.10 Å². The molecule has 1 amide bonds. The minimum absolute atomic E-state index is 0.222. The number of benzene rings is 3. The van der Waals surface area contributed by atoms with Gasteiger partial charge in [-0.05, 0) is 53.6 Å². The molecule has 1 heterocycles. The molecule has 0 unspecified atom stereocenters. The Hall–Kier alpha value is -3.91. The summed E-state index contributed by atoms with van der Waals surface area (Å²) >= 11 is 5.91. The zero-order valence-corrected chi connectivity index (χ0v) is 18.7. The van der Waals surface area contributed by atoms with E-state index < -0.39 is 0 Å². The molecule has 4 rings (SSSR count). The summed E-state index contributed by atoms with van der Waals surface area (Å²) in [5, 5.41) is 12.9. The number of aryl methyl sites for hydroxylation is 1. The molecule has 0 saturated heterocycles. The average molecular weight is 464 g/mol. The molecule has 168 valence electrons. The summed E-state index contributed by atoms with van der Waals surface area (Å²) in [5.41, 5.74) is 5.97. The SMILES string of the molecule is COc1cc(C=NNC(=O)CCn2nnc3ccccc32)ccc1OCc1ccc(Cl)cc1. The Kier molecular flexibility index (Phi) is 7.16. The van der Waals surface area contributed by atoms with Crippen molar-refractivity contribution in [3.8, 4) is 11.5 Å². The standard InChI is InChI=1S/C24H22ClN5O3/c1-32-23-14-18(8-11-22(23)33-16-17-6-9-19(25)10-7-17)15-26-28-24(31)12-13-30-21-5-3-2-4-20(21)27-29-30/h2-11,14-15H,12-13,16H2,1H3,(H,28,31). The van der Waals surface area contributed by atoms with Gasteiger partial charge in [0.15, 0.2) is 11.5 Å². The number of methoxy groups -OCH3 is 1. The number of amides is 1. The number of hydrogen-bond acceptors (Lipinski definition) is 6. The molecule has 0 aliphatic heterocycles. The molecule has 1 aromatic heterocycles. The summed E-state index contributed by atoms with van der Waals surface area (Å²) in [6, 6.07) is 20.5. The number of carbonyl (C=O) groups excluding carboxylic acids is 1. The zero-order chi connectivity index (χ0) is 23.0. The van der Waals surface area contributed by atoms with Crippen LogP contribution in [0.3, 0.4) is 0 Å². The highest BCUT2D eigenvalue weighted by atomic mass is 35.5. The van der Waals surface area contributed by atoms with Crippen molar-refractivity contribution >= 4 is 34.8 Å². The third kappa shape index (κ3) is 5.87. The van der Waals surface area contributed by atoms with Crippen molar-refractivity contribution in [1.82, 2.24) is 20.4 Å². The van der Waals surface area contributed by atoms with Crippen molar-refractivity contribution < 1.29 is 14.3 Å². The lowest BCUT2D eigenvalue weighted by Crippen LogP contribution is -2.19. The molecule has 0 bridgehead atoms. The quantitative estimate of drug-likeness (QED) is 0.296. The van der Waals surface area contributed by atoms with Gasteiger partial charge in [0.2, 0.25) is 5.91 Å². The predicted molar refractivity (Wildman–Crippen MR) is 127 cm³/mol. The van der Waals surface area contributed by atoms with Crippen LogP contribution in [0.4, 0.5) is 0 Å². The second kappa shape index (κ2) is 10.6. The smallest absolute Gasteiger partial charge is 0.241 e. The van der Waals surface area contributed by atoms with Gasteiger partial charge in [0.1, 0.15) is 12.1 Å². The summed E-state index contributed by atoms with van der Waals surface area (Å²) in [5.74, 6) is 0.951. The van der Waals surface area contributed by atoms with E-state index in [0.717, 1.165) is 22.2 Å². The number of halogens is 1. The molecule has 4 aromatic rings. The van der Waals surface area contributed by atoms with Crippen molar-refractivity contribution in [3.63, 3.8) is 0 Å². The highest BCUT2D eigenvalue weighted by Gasteiger charge is 2.08. The van der Waals surface area contributed by atoms with Crippen LogP contribution in [0.1, 0.15) is 17.5 Å². The van der Waals surface area contributed by atoms with Crippen molar-refractivity contribution in [2.75, 3.05) is 7.11 Å². The number of para-hydroxylation sites is 1. The van der Waals surface area contributed by atoms with Crippen LogP contribution in [0.25, 0.3) is 11.0 Å². The van der Waals surface area contributed by atoms with Gasteiger partial charge in [-0.15, -0.1) is 5.10 Å². The molecule has 0 spiro atoms. The summed E-state index contributed by atoms with van der Waals surface area (Å²) in [7, 11) is 1.57. The number of ether oxygens (including phenoxy) is 2. The Morgan fingerprint density at radius 3 is 2.76 bits per heavy atom. The van der Waals surface area contributed by atoms with Gasteiger partial charge in [0, 0.05) is 11.4 Å². The number of hydrogen-bond donors (Lipinski definition) is 1. The fraction of sp³-hybridized carbons (Fsp3) is 0.167. The van der Waals surface area contributed by atoms with Gasteiger partial charge >= 0.3 is 0 Å². The first kappa shape index (κ1) is 22.3. The van der Waals surface area contributed by atoms with Crippen LogP contribution in [0, 0.1) is 0 Å². The topological polar surface area (TPSA) is 90.6 Å². The summed E-state index contributed by atoms with van der Waals surface area (Å²) in [4.78, 5) is 12.1. The van der Waals surface area contributed by atoms with Crippen LogP contribution in [0.5, 0.6) is 11.5 Å². The number of aromatic nitrogens is 3. The number of nitrogens with one attached hydrogen (secondary N) is 1. The lowest BCUT2D eigenvalue weighted by molar-refractivity contribution is -0.121. The van der Waals surface area contributed by atoms with Crippen LogP contribution >= 0.6 is 11.6 Å². The van der Waals surface area contributed by atoms with Gasteiger partial charge in [0.05, 0.1) is 25.4 Å².